The van der Waals surface area contributed by atoms with E-state index in [2.05, 4.69) is 31.3 Å². The zero-order chi connectivity index (χ0) is 42.1. The van der Waals surface area contributed by atoms with Crippen molar-refractivity contribution in [3.8, 4) is 5.75 Å². The molecule has 3 rings (SSSR count). The molecule has 21 heteroatoms. The van der Waals surface area contributed by atoms with E-state index in [1.807, 2.05) is 0 Å². The van der Waals surface area contributed by atoms with Gasteiger partial charge in [0.2, 0.25) is 29.4 Å². The van der Waals surface area contributed by atoms with Crippen molar-refractivity contribution < 1.29 is 74.0 Å². The number of anilines is 1. The lowest BCUT2D eigenvalue weighted by molar-refractivity contribution is -0.172. The van der Waals surface area contributed by atoms with Crippen LogP contribution in [-0.2, 0) is 59.2 Å². The molecule has 56 heavy (non-hydrogen) atoms. The minimum Gasteiger partial charge on any atom is -0.475 e. The van der Waals surface area contributed by atoms with Crippen LogP contribution in [0.3, 0.4) is 0 Å². The molecular formula is C35H46N6O15. The second-order valence-electron chi connectivity index (χ2n) is 12.3. The zero-order valence-electron chi connectivity index (χ0n) is 31.6. The fourth-order valence-electron chi connectivity index (χ4n) is 5.34. The van der Waals surface area contributed by atoms with E-state index in [9.17, 15) is 53.7 Å². The summed E-state index contributed by atoms with van der Waals surface area (Å²) in [6.45, 7) is -0.247. The first-order valence-corrected chi connectivity index (χ1v) is 17.4. The molecule has 2 aliphatic heterocycles. The molecule has 0 aliphatic carbocycles. The Balaban J connectivity index is 1.70. The van der Waals surface area contributed by atoms with Crippen LogP contribution >= 0.6 is 0 Å². The molecule has 2 heterocycles. The van der Waals surface area contributed by atoms with Crippen LogP contribution in [0.1, 0.15) is 39.0 Å². The molecule has 2 aliphatic rings. The van der Waals surface area contributed by atoms with Crippen LogP contribution < -0.4 is 31.3 Å². The first-order valence-electron chi connectivity index (χ1n) is 17.9. The molecule has 21 nitrogen and oxygen atoms in total. The Labute approximate surface area is 322 Å². The number of carboxylic acid groups (broad SMARTS) is 1. The van der Waals surface area contributed by atoms with Gasteiger partial charge in [-0.2, -0.15) is 0 Å². The smallest absolute Gasteiger partial charge is 0.371 e. The van der Waals surface area contributed by atoms with Crippen molar-refractivity contribution >= 4 is 53.5 Å². The molecule has 1 unspecified atom stereocenters. The van der Waals surface area contributed by atoms with Gasteiger partial charge in [0, 0.05) is 51.7 Å². The van der Waals surface area contributed by atoms with Crippen molar-refractivity contribution in [2.45, 2.75) is 69.3 Å². The van der Waals surface area contributed by atoms with Gasteiger partial charge < -0.3 is 60.9 Å². The summed E-state index contributed by atoms with van der Waals surface area (Å²) in [6, 6.07) is 1.46. The second kappa shape index (κ2) is 22.5. The third kappa shape index (κ3) is 13.4. The van der Waals surface area contributed by atoms with Crippen LogP contribution in [0.25, 0.3) is 0 Å². The Bertz CT molecular complexity index is 1700. The van der Waals surface area contributed by atoms with Gasteiger partial charge in [0.15, 0.2) is 7.47 Å². The topological polar surface area (TPSA) is 298 Å². The number of ether oxygens (including phenoxy) is 4. The average Bonchev–Trinajstić information content (AvgIpc) is 3.50. The number of nitrogens with zero attached hydrogens (tertiary/aromatic N) is 1. The van der Waals surface area contributed by atoms with Crippen molar-refractivity contribution in [3.63, 3.8) is 0 Å². The molecule has 1 aromatic carbocycles. The number of hydrogen-bond donors (Lipinski definition) is 8. The first-order chi connectivity index (χ1) is 27.1. The molecule has 8 N–H and O–H groups in total. The highest BCUT2D eigenvalue weighted by molar-refractivity contribution is 6.15. The number of unbranched alkanes of at least 4 members (excludes halogenated alkanes) is 1. The van der Waals surface area contributed by atoms with Crippen molar-refractivity contribution in [3.05, 3.63) is 47.7 Å². The monoisotopic (exact) mass is 791 g/mol. The number of hydrogen-bond acceptors (Lipinski definition) is 15. The number of methoxy groups -OCH3 is 1. The molecule has 0 bridgehead atoms. The normalized spacial score (nSPS) is 18.8. The number of nitrogens with one attached hydrogen (secondary N) is 5. The molecule has 1 aromatic rings. The fraction of sp³-hybridized carbons (Fsp3) is 0.486. The molecule has 306 valence electrons. The van der Waals surface area contributed by atoms with Gasteiger partial charge in [-0.1, -0.05) is 6.07 Å². The second-order valence-corrected chi connectivity index (χ2v) is 12.3. The lowest BCUT2D eigenvalue weighted by Crippen LogP contribution is -2.57. The lowest BCUT2D eigenvalue weighted by Gasteiger charge is -2.31. The van der Waals surface area contributed by atoms with Crippen LogP contribution in [0, 0.1) is 0 Å². The highest BCUT2D eigenvalue weighted by Gasteiger charge is 2.38. The highest BCUT2D eigenvalue weighted by Crippen LogP contribution is 2.30. The van der Waals surface area contributed by atoms with E-state index < -0.39 is 78.3 Å². The van der Waals surface area contributed by atoms with E-state index in [4.69, 9.17) is 15.6 Å². The summed E-state index contributed by atoms with van der Waals surface area (Å²) < 4.78 is 27.3. The summed E-state index contributed by atoms with van der Waals surface area (Å²) in [5.41, 5.74) is 0.192. The molecular weight excluding hydrogens is 744 g/mol. The van der Waals surface area contributed by atoms with Crippen LogP contribution in [0.4, 0.5) is 5.69 Å². The number of carbonyl (C=O) groups is 8. The van der Waals surface area contributed by atoms with Gasteiger partial charge in [-0.05, 0) is 50.1 Å². The maximum Gasteiger partial charge on any atom is 0.371 e. The van der Waals surface area contributed by atoms with Gasteiger partial charge in [-0.15, -0.1) is 0 Å². The van der Waals surface area contributed by atoms with E-state index >= 15 is 0 Å². The largest absolute Gasteiger partial charge is 0.475 e. The minimum atomic E-state index is -1.74. The van der Waals surface area contributed by atoms with Gasteiger partial charge in [-0.3, -0.25) is 38.5 Å². The Morgan fingerprint density at radius 1 is 1.02 bits per heavy atom. The molecule has 0 radical (unpaired) electrons. The molecule has 0 aromatic heterocycles. The number of aliphatic carboxylic acids is 1. The zero-order valence-corrected chi connectivity index (χ0v) is 30.6. The third-order valence-electron chi connectivity index (χ3n) is 8.18. The number of carbonyl (C=O) groups excluding carboxylic acids is 7. The van der Waals surface area contributed by atoms with E-state index in [1.54, 1.807) is 0 Å². The Morgan fingerprint density at radius 3 is 2.41 bits per heavy atom. The SMILES string of the molecule is [2H]C(=O)OCc1ccc(O[C@@H]2OC(C(=O)O)=C[C@H](O)[C@H]2O)c(NC(=O)CCNC(=O)[C@H](CCCCNC(=O)CCOC)NC(=O)C(CNC)N2C(=O)C=CC2=O)c1. The average molecular weight is 792 g/mol. The summed E-state index contributed by atoms with van der Waals surface area (Å²) in [7, 11) is 2.98. The van der Waals surface area contributed by atoms with E-state index in [0.29, 0.717) is 12.8 Å². The minimum absolute atomic E-state index is 0.0725. The maximum atomic E-state index is 13.4. The predicted octanol–water partition coefficient (Wildman–Crippen LogP) is -2.45. The molecule has 0 saturated carbocycles. The van der Waals surface area contributed by atoms with Gasteiger partial charge in [0.25, 0.3) is 24.6 Å². The number of benzene rings is 1. The number of imide groups is 1. The summed E-state index contributed by atoms with van der Waals surface area (Å²) in [6.07, 6.45) is -3.02. The molecule has 0 fully saturated rings. The summed E-state index contributed by atoms with van der Waals surface area (Å²) in [4.78, 5) is 99.8. The number of rotatable bonds is 23. The fourth-order valence-corrected chi connectivity index (χ4v) is 5.34. The van der Waals surface area contributed by atoms with E-state index in [1.165, 1.54) is 32.4 Å². The van der Waals surface area contributed by atoms with Crippen molar-refractivity contribution in [2.24, 2.45) is 0 Å². The predicted molar refractivity (Wildman–Crippen MR) is 191 cm³/mol. The van der Waals surface area contributed by atoms with E-state index in [0.717, 1.165) is 23.1 Å². The highest BCUT2D eigenvalue weighted by atomic mass is 16.7. The standard InChI is InChI=1S/C35H46N6O15/c1-36-17-23(41-29(46)8-9-30(41)47)33(50)40-21(5-3-4-12-37-27(44)11-14-53-2)32(49)38-13-10-28(45)39-22-15-20(18-54-19-42)6-7-25(22)55-35-31(48)24(43)16-26(56-35)34(51)52/h6-9,15-16,19,21,23-24,31,35-36,43,48H,3-5,10-14,17-18H2,1-2H3,(H,37,44)(H,38,49)(H,39,45)(H,40,50)(H,51,52)/t21-,23?,24-,31+,35+/m0/s1/i19D. The number of amides is 6. The maximum absolute atomic E-state index is 13.4. The number of aliphatic hydroxyl groups is 2. The van der Waals surface area contributed by atoms with Crippen molar-refractivity contribution in [1.82, 2.24) is 26.2 Å². The Morgan fingerprint density at radius 2 is 1.75 bits per heavy atom. The molecule has 0 spiro atoms. The first kappa shape index (κ1) is 42.8. The van der Waals surface area contributed by atoms with Crippen LogP contribution in [0.15, 0.2) is 42.2 Å². The Kier molecular flexibility index (Phi) is 17.2. The summed E-state index contributed by atoms with van der Waals surface area (Å²) in [5.74, 6) is -6.26. The third-order valence-corrected chi connectivity index (χ3v) is 8.18. The van der Waals surface area contributed by atoms with Crippen LogP contribution in [-0.4, -0.2) is 139 Å². The number of aliphatic hydroxyl groups excluding tert-OH is 2. The summed E-state index contributed by atoms with van der Waals surface area (Å²) >= 11 is 0. The van der Waals surface area contributed by atoms with Crippen molar-refractivity contribution in [2.75, 3.05) is 45.7 Å². The van der Waals surface area contributed by atoms with Crippen molar-refractivity contribution in [1.29, 1.82) is 0 Å². The van der Waals surface area contributed by atoms with Crippen LogP contribution in [0.5, 0.6) is 5.75 Å². The van der Waals surface area contributed by atoms with E-state index in [-0.39, 0.29) is 75.0 Å². The summed E-state index contributed by atoms with van der Waals surface area (Å²) in [5, 5.41) is 42.9. The van der Waals surface area contributed by atoms with Gasteiger partial charge >= 0.3 is 5.97 Å². The van der Waals surface area contributed by atoms with Gasteiger partial charge in [-0.25, -0.2) is 4.79 Å². The Hall–Kier alpha value is -5.90. The van der Waals surface area contributed by atoms with Gasteiger partial charge in [0.05, 0.1) is 12.3 Å². The van der Waals surface area contributed by atoms with Crippen LogP contribution in [0.2, 0.25) is 0 Å². The molecule has 6 amide bonds. The quantitative estimate of drug-likeness (QED) is 0.0324. The molecule has 0 saturated heterocycles. The number of likely N-dealkylation sites (N-methyl/N-ethyl adjacent to an activating group) is 1. The number of carboxylic acids is 1. The van der Waals surface area contributed by atoms with Gasteiger partial charge in [0.1, 0.15) is 30.5 Å². The molecule has 5 atom stereocenters. The lowest BCUT2D eigenvalue weighted by atomic mass is 10.1.